The summed E-state index contributed by atoms with van der Waals surface area (Å²) in [4.78, 5) is 23.7. The van der Waals surface area contributed by atoms with Crippen molar-refractivity contribution in [2.45, 2.75) is 111 Å². The predicted octanol–water partition coefficient (Wildman–Crippen LogP) is 5.32. The molecule has 0 aliphatic heterocycles. The summed E-state index contributed by atoms with van der Waals surface area (Å²) in [5.41, 5.74) is 1.91. The number of hydrogen-bond donors (Lipinski definition) is 2. The Balaban J connectivity index is 1.75. The van der Waals surface area contributed by atoms with Crippen molar-refractivity contribution in [3.8, 4) is 0 Å². The Bertz CT molecular complexity index is 918. The topological polar surface area (TPSA) is 93.1 Å². The van der Waals surface area contributed by atoms with Crippen molar-refractivity contribution in [2.24, 2.45) is 40.4 Å². The lowest BCUT2D eigenvalue weighted by Crippen LogP contribution is -2.61. The van der Waals surface area contributed by atoms with Gasteiger partial charge in [-0.05, 0) is 99.2 Å². The molecule has 0 aromatic rings. The molecule has 6 heteroatoms. The molecule has 3 unspecified atom stereocenters. The molecule has 4 saturated carbocycles. The molecule has 0 heterocycles. The minimum absolute atomic E-state index is 0.00786. The van der Waals surface area contributed by atoms with Gasteiger partial charge in [-0.1, -0.05) is 32.4 Å². The van der Waals surface area contributed by atoms with Gasteiger partial charge in [-0.3, -0.25) is 9.59 Å². The summed E-state index contributed by atoms with van der Waals surface area (Å²) in [6.45, 7) is 12.8. The van der Waals surface area contributed by atoms with E-state index in [1.807, 2.05) is 13.8 Å². The van der Waals surface area contributed by atoms with Crippen molar-refractivity contribution in [1.29, 1.82) is 0 Å². The normalized spacial score (nSPS) is 45.0. The van der Waals surface area contributed by atoms with E-state index in [0.717, 1.165) is 37.7 Å². The number of allylic oxidation sites excluding steroid dienone is 3. The van der Waals surface area contributed by atoms with Crippen molar-refractivity contribution in [3.05, 3.63) is 23.0 Å². The van der Waals surface area contributed by atoms with Crippen molar-refractivity contribution in [3.63, 3.8) is 0 Å². The van der Waals surface area contributed by atoms with Gasteiger partial charge in [0.1, 0.15) is 11.9 Å². The highest BCUT2D eigenvalue weighted by molar-refractivity contribution is 5.66. The van der Waals surface area contributed by atoms with Gasteiger partial charge in [-0.25, -0.2) is 0 Å². The van der Waals surface area contributed by atoms with Crippen LogP contribution < -0.4 is 0 Å². The van der Waals surface area contributed by atoms with E-state index >= 15 is 0 Å². The fourth-order valence-corrected chi connectivity index (χ4v) is 9.15. The van der Waals surface area contributed by atoms with Crippen LogP contribution in [0.15, 0.2) is 23.0 Å². The van der Waals surface area contributed by atoms with Gasteiger partial charge in [0.2, 0.25) is 0 Å². The van der Waals surface area contributed by atoms with Crippen LogP contribution in [-0.4, -0.2) is 41.0 Å². The Hall–Kier alpha value is -1.66. The number of aliphatic hydroxyl groups excluding tert-OH is 2. The third-order valence-electron chi connectivity index (χ3n) is 10.7. The molecule has 202 valence electrons. The molecule has 4 fully saturated rings. The van der Waals surface area contributed by atoms with Gasteiger partial charge in [0.05, 0.1) is 12.2 Å². The number of hydrogen-bond acceptors (Lipinski definition) is 6. The average molecular weight is 503 g/mol. The maximum Gasteiger partial charge on any atom is 0.303 e. The molecular weight excluding hydrogens is 456 g/mol. The van der Waals surface area contributed by atoms with Gasteiger partial charge < -0.3 is 19.7 Å². The summed E-state index contributed by atoms with van der Waals surface area (Å²) in [6.07, 6.45) is 7.25. The quantitative estimate of drug-likeness (QED) is 0.221. The molecular formula is C30H46O6. The lowest BCUT2D eigenvalue weighted by atomic mass is 9.42. The Morgan fingerprint density at radius 1 is 1.06 bits per heavy atom. The summed E-state index contributed by atoms with van der Waals surface area (Å²) >= 11 is 0. The molecule has 6 nitrogen and oxygen atoms in total. The number of esters is 1. The van der Waals surface area contributed by atoms with Crippen LogP contribution >= 0.6 is 0 Å². The number of ether oxygens (including phenoxy) is 2. The van der Waals surface area contributed by atoms with E-state index in [2.05, 4.69) is 26.8 Å². The first kappa shape index (κ1) is 27.4. The molecule has 0 radical (unpaired) electrons. The van der Waals surface area contributed by atoms with E-state index < -0.39 is 12.2 Å². The highest BCUT2D eigenvalue weighted by atomic mass is 16.5. The van der Waals surface area contributed by atoms with Gasteiger partial charge >= 0.3 is 5.97 Å². The maximum absolute atomic E-state index is 12.2. The van der Waals surface area contributed by atoms with E-state index in [1.54, 1.807) is 0 Å². The summed E-state index contributed by atoms with van der Waals surface area (Å²) in [6, 6.07) is 0. The number of aliphatic hydroxyl groups is 2. The Labute approximate surface area is 216 Å². The van der Waals surface area contributed by atoms with Crippen molar-refractivity contribution >= 4 is 12.4 Å². The zero-order valence-corrected chi connectivity index (χ0v) is 23.0. The fraction of sp³-hybridized carbons (Fsp3) is 0.800. The molecule has 4 aliphatic carbocycles. The average Bonchev–Trinajstić information content (AvgIpc) is 3.06. The minimum atomic E-state index is -0.482. The molecule has 4 aliphatic rings. The molecule has 4 rings (SSSR count). The first-order chi connectivity index (χ1) is 16.9. The molecule has 0 bridgehead atoms. The zero-order chi connectivity index (χ0) is 26.4. The fourth-order valence-electron chi connectivity index (χ4n) is 9.15. The largest absolute Gasteiger partial charge is 0.458 e. The first-order valence-corrected chi connectivity index (χ1v) is 13.9. The molecule has 0 spiro atoms. The lowest BCUT2D eigenvalue weighted by molar-refractivity contribution is -0.191. The van der Waals surface area contributed by atoms with Gasteiger partial charge in [0, 0.05) is 18.9 Å². The first-order valence-electron chi connectivity index (χ1n) is 13.9. The lowest BCUT2D eigenvalue weighted by Gasteiger charge is -2.64. The highest BCUT2D eigenvalue weighted by Gasteiger charge is 2.66. The summed E-state index contributed by atoms with van der Waals surface area (Å²) in [5, 5.41) is 22.4. The molecule has 0 saturated heterocycles. The van der Waals surface area contributed by atoms with Crippen LogP contribution in [0.3, 0.4) is 0 Å². The van der Waals surface area contributed by atoms with Gasteiger partial charge in [-0.2, -0.15) is 0 Å². The third kappa shape index (κ3) is 4.57. The summed E-state index contributed by atoms with van der Waals surface area (Å²) in [5.74, 6) is 1.31. The second-order valence-electron chi connectivity index (χ2n) is 12.9. The molecule has 10 atom stereocenters. The van der Waals surface area contributed by atoms with Crippen molar-refractivity contribution in [2.75, 3.05) is 0 Å². The standard InChI is InChI=1S/C30H46O6/c1-17(2)8-7-9-25(35-16-31)27-22-14-24(34)28-21(30(22,6)15-26(27)36-19(4)32)11-10-20-18(3)23(33)12-13-29(20,28)5/h8,16,18,20-24,26,28,33-34H,7,9-15H2,1-6H3/t18-,20-,21?,22-,23+,24+,26?,28?,29-,30+/m0/s1. The zero-order valence-electron chi connectivity index (χ0n) is 23.0. The van der Waals surface area contributed by atoms with E-state index in [9.17, 15) is 19.8 Å². The minimum Gasteiger partial charge on any atom is -0.458 e. The number of rotatable bonds is 6. The Morgan fingerprint density at radius 2 is 1.75 bits per heavy atom. The Morgan fingerprint density at radius 3 is 2.39 bits per heavy atom. The summed E-state index contributed by atoms with van der Waals surface area (Å²) < 4.78 is 11.5. The highest BCUT2D eigenvalue weighted by Crippen LogP contribution is 2.69. The molecule has 0 amide bonds. The molecule has 2 N–H and O–H groups in total. The predicted molar refractivity (Wildman–Crippen MR) is 137 cm³/mol. The number of fused-ring (bicyclic) bond motifs is 5. The number of carbonyl (C=O) groups is 2. The third-order valence-corrected chi connectivity index (χ3v) is 10.7. The van der Waals surface area contributed by atoms with E-state index in [0.29, 0.717) is 37.4 Å². The van der Waals surface area contributed by atoms with Gasteiger partial charge in [0.25, 0.3) is 6.47 Å². The number of carbonyl (C=O) groups excluding carboxylic acids is 2. The van der Waals surface area contributed by atoms with Crippen LogP contribution in [0, 0.1) is 40.4 Å². The molecule has 36 heavy (non-hydrogen) atoms. The van der Waals surface area contributed by atoms with E-state index in [1.165, 1.54) is 12.5 Å². The molecule has 0 aromatic carbocycles. The monoisotopic (exact) mass is 502 g/mol. The second kappa shape index (κ2) is 10.2. The smallest absolute Gasteiger partial charge is 0.303 e. The SMILES string of the molecule is CC(=O)OC1C[C@]2(C)C3CC[C@H]4[C@H](C)[C@H](O)CC[C@]4(C)C3[C@H](O)C[C@H]2C1=C(CCC=C(C)C)OC=O. The van der Waals surface area contributed by atoms with Crippen LogP contribution in [-0.2, 0) is 19.1 Å². The second-order valence-corrected chi connectivity index (χ2v) is 12.9. The van der Waals surface area contributed by atoms with Crippen LogP contribution in [0.4, 0.5) is 0 Å². The van der Waals surface area contributed by atoms with E-state index in [-0.39, 0.29) is 46.6 Å². The van der Waals surface area contributed by atoms with Crippen LogP contribution in [0.25, 0.3) is 0 Å². The van der Waals surface area contributed by atoms with Crippen LogP contribution in [0.2, 0.25) is 0 Å². The maximum atomic E-state index is 12.2. The van der Waals surface area contributed by atoms with Gasteiger partial charge in [-0.15, -0.1) is 0 Å². The van der Waals surface area contributed by atoms with E-state index in [4.69, 9.17) is 9.47 Å². The van der Waals surface area contributed by atoms with Crippen LogP contribution in [0.1, 0.15) is 92.9 Å². The van der Waals surface area contributed by atoms with Crippen molar-refractivity contribution < 1.29 is 29.3 Å². The molecule has 0 aromatic heterocycles. The Kier molecular flexibility index (Phi) is 7.79. The summed E-state index contributed by atoms with van der Waals surface area (Å²) in [7, 11) is 0. The van der Waals surface area contributed by atoms with Crippen LogP contribution in [0.5, 0.6) is 0 Å². The van der Waals surface area contributed by atoms with Gasteiger partial charge in [0.15, 0.2) is 0 Å². The van der Waals surface area contributed by atoms with Crippen molar-refractivity contribution in [1.82, 2.24) is 0 Å².